The molecule has 0 aliphatic rings. The van der Waals surface area contributed by atoms with E-state index in [1.807, 2.05) is 30.3 Å². The molecule has 1 aromatic carbocycles. The van der Waals surface area contributed by atoms with Crippen LogP contribution in [0.1, 0.15) is 0 Å². The maximum Gasteiger partial charge on any atom is 0.316 e. The Balaban J connectivity index is 1.92. The van der Waals surface area contributed by atoms with Gasteiger partial charge < -0.3 is 10.1 Å². The Morgan fingerprint density at radius 3 is 2.89 bits per heavy atom. The molecule has 0 aliphatic heterocycles. The van der Waals surface area contributed by atoms with Crippen molar-refractivity contribution in [1.29, 1.82) is 0 Å². The van der Waals surface area contributed by atoms with Crippen LogP contribution in [0, 0.1) is 0 Å². The van der Waals surface area contributed by atoms with E-state index >= 15 is 0 Å². The zero-order valence-electron chi connectivity index (χ0n) is 9.62. The van der Waals surface area contributed by atoms with Crippen LogP contribution < -0.4 is 5.32 Å². The number of nitrogens with one attached hydrogen (secondary N) is 1. The molecule has 1 N–H and O–H groups in total. The summed E-state index contributed by atoms with van der Waals surface area (Å²) in [5.41, 5.74) is 0.957. The highest BCUT2D eigenvalue weighted by Crippen LogP contribution is 2.27. The number of hydrogen-bond acceptors (Lipinski definition) is 7. The van der Waals surface area contributed by atoms with Gasteiger partial charge in [-0.3, -0.25) is 4.79 Å². The van der Waals surface area contributed by atoms with Crippen LogP contribution in [0.15, 0.2) is 34.7 Å². The van der Waals surface area contributed by atoms with Gasteiger partial charge in [-0.2, -0.15) is 0 Å². The molecule has 0 unspecified atom stereocenters. The Morgan fingerprint density at radius 1 is 1.39 bits per heavy atom. The number of thioether (sulfide) groups is 1. The number of esters is 1. The van der Waals surface area contributed by atoms with Gasteiger partial charge in [0.1, 0.15) is 0 Å². The molecule has 2 rings (SSSR count). The van der Waals surface area contributed by atoms with E-state index in [1.165, 1.54) is 30.2 Å². The third-order valence-corrected chi connectivity index (χ3v) is 3.92. The molecule has 7 heteroatoms. The van der Waals surface area contributed by atoms with Gasteiger partial charge in [0.2, 0.25) is 5.13 Å². The Morgan fingerprint density at radius 2 is 2.17 bits per heavy atom. The highest BCUT2D eigenvalue weighted by Gasteiger charge is 2.08. The van der Waals surface area contributed by atoms with E-state index in [0.29, 0.717) is 5.13 Å². The van der Waals surface area contributed by atoms with Crippen LogP contribution in [0.4, 0.5) is 10.8 Å². The molecule has 0 amide bonds. The van der Waals surface area contributed by atoms with Crippen LogP contribution in [0.2, 0.25) is 0 Å². The van der Waals surface area contributed by atoms with Crippen molar-refractivity contribution in [2.24, 2.45) is 0 Å². The lowest BCUT2D eigenvalue weighted by atomic mass is 10.3. The topological polar surface area (TPSA) is 64.1 Å². The van der Waals surface area contributed by atoms with Crippen molar-refractivity contribution in [1.82, 2.24) is 10.2 Å². The average Bonchev–Trinajstić information content (AvgIpc) is 2.85. The van der Waals surface area contributed by atoms with E-state index in [0.717, 1.165) is 10.0 Å². The fraction of sp³-hybridized carbons (Fsp3) is 0.182. The molecule has 0 aliphatic carbocycles. The van der Waals surface area contributed by atoms with Gasteiger partial charge >= 0.3 is 5.97 Å². The smallest absolute Gasteiger partial charge is 0.316 e. The summed E-state index contributed by atoms with van der Waals surface area (Å²) in [6.07, 6.45) is 0. The maximum absolute atomic E-state index is 11.0. The van der Waals surface area contributed by atoms with Crippen LogP contribution >= 0.6 is 23.1 Å². The molecule has 0 saturated carbocycles. The van der Waals surface area contributed by atoms with Crippen molar-refractivity contribution in [3.05, 3.63) is 30.3 Å². The normalized spacial score (nSPS) is 10.1. The van der Waals surface area contributed by atoms with E-state index in [2.05, 4.69) is 20.3 Å². The van der Waals surface area contributed by atoms with Crippen molar-refractivity contribution in [2.45, 2.75) is 4.34 Å². The number of anilines is 2. The fourth-order valence-electron chi connectivity index (χ4n) is 1.14. The van der Waals surface area contributed by atoms with Gasteiger partial charge in [0.15, 0.2) is 4.34 Å². The number of nitrogens with zero attached hydrogens (tertiary/aromatic N) is 2. The molecule has 0 bridgehead atoms. The predicted octanol–water partition coefficient (Wildman–Crippen LogP) is 2.55. The first-order valence-electron chi connectivity index (χ1n) is 5.13. The van der Waals surface area contributed by atoms with Gasteiger partial charge in [-0.05, 0) is 12.1 Å². The number of rotatable bonds is 5. The van der Waals surface area contributed by atoms with Crippen molar-refractivity contribution in [3.8, 4) is 0 Å². The van der Waals surface area contributed by atoms with Gasteiger partial charge in [0.05, 0.1) is 12.9 Å². The molecule has 5 nitrogen and oxygen atoms in total. The highest BCUT2D eigenvalue weighted by molar-refractivity contribution is 8.01. The first-order valence-corrected chi connectivity index (χ1v) is 6.93. The van der Waals surface area contributed by atoms with Crippen LogP contribution in [-0.2, 0) is 9.53 Å². The quantitative estimate of drug-likeness (QED) is 0.671. The summed E-state index contributed by atoms with van der Waals surface area (Å²) in [5, 5.41) is 11.8. The number of carbonyl (C=O) groups excluding carboxylic acids is 1. The summed E-state index contributed by atoms with van der Waals surface area (Å²) in [5.74, 6) is -0.0241. The summed E-state index contributed by atoms with van der Waals surface area (Å²) in [6, 6.07) is 9.72. The van der Waals surface area contributed by atoms with Crippen molar-refractivity contribution < 1.29 is 9.53 Å². The average molecular weight is 281 g/mol. The zero-order chi connectivity index (χ0) is 12.8. The van der Waals surface area contributed by atoms with E-state index in [1.54, 1.807) is 0 Å². The minimum absolute atomic E-state index is 0.246. The lowest BCUT2D eigenvalue weighted by molar-refractivity contribution is -0.137. The van der Waals surface area contributed by atoms with Gasteiger partial charge in [-0.1, -0.05) is 41.3 Å². The lowest BCUT2D eigenvalue weighted by Gasteiger charge is -1.99. The maximum atomic E-state index is 11.0. The predicted molar refractivity (Wildman–Crippen MR) is 72.4 cm³/mol. The molecular weight excluding hydrogens is 270 g/mol. The number of para-hydroxylation sites is 1. The largest absolute Gasteiger partial charge is 0.468 e. The van der Waals surface area contributed by atoms with Crippen LogP contribution in [0.3, 0.4) is 0 Å². The Labute approximate surface area is 113 Å². The summed E-state index contributed by atoms with van der Waals surface area (Å²) in [4.78, 5) is 11.0. The van der Waals surface area contributed by atoms with Gasteiger partial charge in [-0.15, -0.1) is 10.2 Å². The second-order valence-electron chi connectivity index (χ2n) is 3.23. The van der Waals surface area contributed by atoms with E-state index < -0.39 is 0 Å². The van der Waals surface area contributed by atoms with Crippen LogP contribution in [0.25, 0.3) is 0 Å². The number of hydrogen-bond donors (Lipinski definition) is 1. The Hall–Kier alpha value is -1.60. The SMILES string of the molecule is COC(=O)CSc1nnc(Nc2ccccc2)s1. The van der Waals surface area contributed by atoms with Gasteiger partial charge in [0, 0.05) is 5.69 Å². The van der Waals surface area contributed by atoms with Crippen molar-refractivity contribution in [3.63, 3.8) is 0 Å². The third kappa shape index (κ3) is 3.71. The summed E-state index contributed by atoms with van der Waals surface area (Å²) >= 11 is 2.72. The first kappa shape index (κ1) is 12.8. The minimum Gasteiger partial charge on any atom is -0.468 e. The molecule has 0 radical (unpaired) electrons. The monoisotopic (exact) mass is 281 g/mol. The number of ether oxygens (including phenoxy) is 1. The van der Waals surface area contributed by atoms with Crippen LogP contribution in [-0.4, -0.2) is 29.0 Å². The second-order valence-corrected chi connectivity index (χ2v) is 5.43. The molecule has 0 atom stereocenters. The molecule has 0 spiro atoms. The lowest BCUT2D eigenvalue weighted by Crippen LogP contribution is -2.02. The van der Waals surface area contributed by atoms with Crippen molar-refractivity contribution in [2.75, 3.05) is 18.2 Å². The molecule has 0 fully saturated rings. The fourth-order valence-corrected chi connectivity index (χ4v) is 2.75. The molecule has 94 valence electrons. The minimum atomic E-state index is -0.271. The second kappa shape index (κ2) is 6.36. The van der Waals surface area contributed by atoms with E-state index in [4.69, 9.17) is 0 Å². The summed E-state index contributed by atoms with van der Waals surface area (Å²) in [7, 11) is 1.37. The number of carbonyl (C=O) groups is 1. The highest BCUT2D eigenvalue weighted by atomic mass is 32.2. The van der Waals surface area contributed by atoms with E-state index in [-0.39, 0.29) is 11.7 Å². The zero-order valence-corrected chi connectivity index (χ0v) is 11.3. The molecule has 2 aromatic rings. The first-order chi connectivity index (χ1) is 8.78. The molecule has 1 aromatic heterocycles. The molecular formula is C11H11N3O2S2. The molecule has 1 heterocycles. The van der Waals surface area contributed by atoms with Crippen molar-refractivity contribution >= 4 is 39.9 Å². The summed E-state index contributed by atoms with van der Waals surface area (Å²) < 4.78 is 5.29. The summed E-state index contributed by atoms with van der Waals surface area (Å²) in [6.45, 7) is 0. The molecule has 18 heavy (non-hydrogen) atoms. The Bertz CT molecular complexity index is 516. The van der Waals surface area contributed by atoms with Gasteiger partial charge in [0.25, 0.3) is 0 Å². The van der Waals surface area contributed by atoms with Gasteiger partial charge in [-0.25, -0.2) is 0 Å². The number of methoxy groups -OCH3 is 1. The van der Waals surface area contributed by atoms with E-state index in [9.17, 15) is 4.79 Å². The third-order valence-electron chi connectivity index (χ3n) is 1.97. The van der Waals surface area contributed by atoms with Crippen LogP contribution in [0.5, 0.6) is 0 Å². The Kier molecular flexibility index (Phi) is 4.54. The number of aromatic nitrogens is 2. The standard InChI is InChI=1S/C11H11N3O2S2/c1-16-9(15)7-17-11-14-13-10(18-11)12-8-5-3-2-4-6-8/h2-6H,7H2,1H3,(H,12,13). The molecule has 0 saturated heterocycles. The number of benzene rings is 1.